The van der Waals surface area contributed by atoms with Gasteiger partial charge in [0.05, 0.1) is 18.5 Å². The molecule has 3 amide bonds. The normalized spacial score (nSPS) is 24.9. The van der Waals surface area contributed by atoms with Crippen LogP contribution in [0.2, 0.25) is 0 Å². The third-order valence-electron chi connectivity index (χ3n) is 5.42. The first-order chi connectivity index (χ1) is 13.4. The van der Waals surface area contributed by atoms with Crippen LogP contribution in [-0.4, -0.2) is 71.6 Å². The Balaban J connectivity index is 1.42. The van der Waals surface area contributed by atoms with Gasteiger partial charge in [-0.3, -0.25) is 9.59 Å². The van der Waals surface area contributed by atoms with E-state index in [-0.39, 0.29) is 30.3 Å². The quantitative estimate of drug-likeness (QED) is 0.767. The number of carbonyl (C=O) groups excluding carboxylic acids is 2. The van der Waals surface area contributed by atoms with Gasteiger partial charge in [0.25, 0.3) is 0 Å². The van der Waals surface area contributed by atoms with Crippen molar-refractivity contribution in [1.29, 1.82) is 0 Å². The Morgan fingerprint density at radius 3 is 2.68 bits per heavy atom. The molecule has 2 aliphatic heterocycles. The first-order valence-electron chi connectivity index (χ1n) is 9.68. The van der Waals surface area contributed by atoms with Crippen LogP contribution in [0.25, 0.3) is 0 Å². The molecule has 0 saturated carbocycles. The number of para-hydroxylation sites is 1. The fourth-order valence-electron chi connectivity index (χ4n) is 3.84. The Bertz CT molecular complexity index is 711. The molecule has 0 spiro atoms. The summed E-state index contributed by atoms with van der Waals surface area (Å²) < 4.78 is 5.63. The van der Waals surface area contributed by atoms with Crippen molar-refractivity contribution in [1.82, 2.24) is 15.1 Å². The molecule has 1 aromatic rings. The van der Waals surface area contributed by atoms with E-state index in [2.05, 4.69) is 5.32 Å². The summed E-state index contributed by atoms with van der Waals surface area (Å²) in [6.45, 7) is 4.02. The first-order valence-corrected chi connectivity index (χ1v) is 9.68. The second kappa shape index (κ2) is 8.95. The second-order valence-electron chi connectivity index (χ2n) is 7.51. The maximum Gasteiger partial charge on any atom is 0.317 e. The Morgan fingerprint density at radius 2 is 2.00 bits per heavy atom. The standard InChI is InChI=1S/C20H27N3O5/c1-14-12-23(8-7-17(14)19(25)26)20(27)21-15-11-18(24)22(13-15)9-10-28-16-5-3-2-4-6-16/h2-6,14-15,17H,7-13H2,1H3,(H,21,27)(H,25,26). The van der Waals surface area contributed by atoms with Gasteiger partial charge < -0.3 is 25.0 Å². The second-order valence-corrected chi connectivity index (χ2v) is 7.51. The summed E-state index contributed by atoms with van der Waals surface area (Å²) >= 11 is 0. The summed E-state index contributed by atoms with van der Waals surface area (Å²) in [6, 6.07) is 8.96. The zero-order chi connectivity index (χ0) is 20.1. The van der Waals surface area contributed by atoms with Crippen molar-refractivity contribution in [2.75, 3.05) is 32.8 Å². The number of ether oxygens (including phenoxy) is 1. The minimum atomic E-state index is -0.803. The van der Waals surface area contributed by atoms with E-state index in [1.54, 1.807) is 9.80 Å². The number of hydrogen-bond acceptors (Lipinski definition) is 4. The summed E-state index contributed by atoms with van der Waals surface area (Å²) in [5, 5.41) is 12.1. The van der Waals surface area contributed by atoms with Crippen LogP contribution >= 0.6 is 0 Å². The Hall–Kier alpha value is -2.77. The molecule has 3 rings (SSSR count). The number of carbonyl (C=O) groups is 3. The molecule has 2 fully saturated rings. The van der Waals surface area contributed by atoms with Crippen molar-refractivity contribution in [2.24, 2.45) is 11.8 Å². The molecule has 8 nitrogen and oxygen atoms in total. The summed E-state index contributed by atoms with van der Waals surface area (Å²) in [5.41, 5.74) is 0. The summed E-state index contributed by atoms with van der Waals surface area (Å²) in [5.74, 6) is -0.536. The van der Waals surface area contributed by atoms with E-state index < -0.39 is 11.9 Å². The number of rotatable bonds is 6. The number of hydrogen-bond donors (Lipinski definition) is 2. The maximum atomic E-state index is 12.5. The molecule has 152 valence electrons. The lowest BCUT2D eigenvalue weighted by atomic mass is 9.87. The monoisotopic (exact) mass is 389 g/mol. The van der Waals surface area contributed by atoms with Crippen molar-refractivity contribution >= 4 is 17.9 Å². The van der Waals surface area contributed by atoms with Crippen molar-refractivity contribution < 1.29 is 24.2 Å². The number of carboxylic acids is 1. The molecule has 2 aliphatic rings. The fraction of sp³-hybridized carbons (Fsp3) is 0.550. The maximum absolute atomic E-state index is 12.5. The zero-order valence-electron chi connectivity index (χ0n) is 16.0. The van der Waals surface area contributed by atoms with E-state index in [4.69, 9.17) is 4.74 Å². The van der Waals surface area contributed by atoms with E-state index in [1.807, 2.05) is 37.3 Å². The van der Waals surface area contributed by atoms with Gasteiger partial charge >= 0.3 is 12.0 Å². The van der Waals surface area contributed by atoms with E-state index in [0.717, 1.165) is 5.75 Å². The number of urea groups is 1. The highest BCUT2D eigenvalue weighted by Gasteiger charge is 2.35. The van der Waals surface area contributed by atoms with Gasteiger partial charge in [-0.2, -0.15) is 0 Å². The third-order valence-corrected chi connectivity index (χ3v) is 5.42. The van der Waals surface area contributed by atoms with Crippen LogP contribution in [0.3, 0.4) is 0 Å². The van der Waals surface area contributed by atoms with Crippen LogP contribution in [0, 0.1) is 11.8 Å². The molecule has 8 heteroatoms. The molecule has 3 atom stereocenters. The van der Waals surface area contributed by atoms with Crippen LogP contribution in [0.1, 0.15) is 19.8 Å². The largest absolute Gasteiger partial charge is 0.492 e. The molecule has 3 unspecified atom stereocenters. The van der Waals surface area contributed by atoms with Gasteiger partial charge in [0.2, 0.25) is 5.91 Å². The minimum absolute atomic E-state index is 0.0000786. The Kier molecular flexibility index (Phi) is 6.38. The highest BCUT2D eigenvalue weighted by Crippen LogP contribution is 2.23. The summed E-state index contributed by atoms with van der Waals surface area (Å²) in [4.78, 5) is 39.2. The molecule has 0 aromatic heterocycles. The number of aliphatic carboxylic acids is 1. The molecule has 2 heterocycles. The third kappa shape index (κ3) is 4.94. The molecule has 1 aromatic carbocycles. The lowest BCUT2D eigenvalue weighted by molar-refractivity contribution is -0.145. The van der Waals surface area contributed by atoms with Gasteiger partial charge in [0.1, 0.15) is 12.4 Å². The van der Waals surface area contributed by atoms with Gasteiger partial charge in [-0.25, -0.2) is 4.79 Å². The number of carboxylic acid groups (broad SMARTS) is 1. The number of nitrogens with one attached hydrogen (secondary N) is 1. The van der Waals surface area contributed by atoms with Gasteiger partial charge in [-0.1, -0.05) is 25.1 Å². The molecule has 0 radical (unpaired) electrons. The van der Waals surface area contributed by atoms with Crippen LogP contribution in [0.5, 0.6) is 5.75 Å². The minimum Gasteiger partial charge on any atom is -0.492 e. The average Bonchev–Trinajstić information content (AvgIpc) is 3.01. The van der Waals surface area contributed by atoms with E-state index in [9.17, 15) is 19.5 Å². The SMILES string of the molecule is CC1CN(C(=O)NC2CC(=O)N(CCOc3ccccc3)C2)CCC1C(=O)O. The van der Waals surface area contributed by atoms with Crippen LogP contribution in [-0.2, 0) is 9.59 Å². The van der Waals surface area contributed by atoms with Crippen LogP contribution < -0.4 is 10.1 Å². The van der Waals surface area contributed by atoms with Crippen molar-refractivity contribution in [3.63, 3.8) is 0 Å². The van der Waals surface area contributed by atoms with Crippen molar-refractivity contribution in [3.8, 4) is 5.75 Å². The highest BCUT2D eigenvalue weighted by molar-refractivity contribution is 5.82. The topological polar surface area (TPSA) is 99.2 Å². The van der Waals surface area contributed by atoms with E-state index >= 15 is 0 Å². The molecular weight excluding hydrogens is 362 g/mol. The smallest absolute Gasteiger partial charge is 0.317 e. The number of piperidine rings is 1. The predicted octanol–water partition coefficient (Wildman–Crippen LogP) is 1.42. The Morgan fingerprint density at radius 1 is 1.25 bits per heavy atom. The van der Waals surface area contributed by atoms with E-state index in [0.29, 0.717) is 39.2 Å². The molecule has 2 saturated heterocycles. The molecule has 0 bridgehead atoms. The van der Waals surface area contributed by atoms with Gasteiger partial charge in [-0.05, 0) is 24.5 Å². The van der Waals surface area contributed by atoms with Gasteiger partial charge in [0, 0.05) is 26.1 Å². The van der Waals surface area contributed by atoms with Crippen molar-refractivity contribution in [2.45, 2.75) is 25.8 Å². The van der Waals surface area contributed by atoms with Gasteiger partial charge in [0.15, 0.2) is 0 Å². The number of likely N-dealkylation sites (tertiary alicyclic amines) is 2. The van der Waals surface area contributed by atoms with Crippen LogP contribution in [0.15, 0.2) is 30.3 Å². The van der Waals surface area contributed by atoms with Crippen LogP contribution in [0.4, 0.5) is 4.79 Å². The number of benzene rings is 1. The molecule has 0 aliphatic carbocycles. The lowest BCUT2D eigenvalue weighted by Crippen LogP contribution is -2.51. The first kappa shape index (κ1) is 20.0. The molecule has 28 heavy (non-hydrogen) atoms. The van der Waals surface area contributed by atoms with Crippen molar-refractivity contribution in [3.05, 3.63) is 30.3 Å². The summed E-state index contributed by atoms with van der Waals surface area (Å²) in [6.07, 6.45) is 0.731. The average molecular weight is 389 g/mol. The fourth-order valence-corrected chi connectivity index (χ4v) is 3.84. The molecule has 2 N–H and O–H groups in total. The predicted molar refractivity (Wildman–Crippen MR) is 102 cm³/mol. The highest BCUT2D eigenvalue weighted by atomic mass is 16.5. The lowest BCUT2D eigenvalue weighted by Gasteiger charge is -2.35. The zero-order valence-corrected chi connectivity index (χ0v) is 16.0. The molecular formula is C20H27N3O5. The Labute approximate surface area is 164 Å². The summed E-state index contributed by atoms with van der Waals surface area (Å²) in [7, 11) is 0. The van der Waals surface area contributed by atoms with Gasteiger partial charge in [-0.15, -0.1) is 0 Å². The van der Waals surface area contributed by atoms with E-state index in [1.165, 1.54) is 0 Å². The number of amides is 3. The number of nitrogens with zero attached hydrogens (tertiary/aromatic N) is 2.